The van der Waals surface area contributed by atoms with Gasteiger partial charge in [0.1, 0.15) is 4.60 Å². The molecule has 0 bridgehead atoms. The molecule has 0 radical (unpaired) electrons. The number of fused-ring (bicyclic) bond motifs is 1. The van der Waals surface area contributed by atoms with E-state index >= 15 is 0 Å². The summed E-state index contributed by atoms with van der Waals surface area (Å²) in [5.74, 6) is 13.6. The second-order valence-electron chi connectivity index (χ2n) is 4.59. The zero-order valence-corrected chi connectivity index (χ0v) is 13.9. The van der Waals surface area contributed by atoms with Gasteiger partial charge in [0, 0.05) is 18.0 Å². The number of pyridine rings is 2. The summed E-state index contributed by atoms with van der Waals surface area (Å²) < 4.78 is 0.765. The quantitative estimate of drug-likeness (QED) is 0.281. The van der Waals surface area contributed by atoms with Crippen molar-refractivity contribution < 1.29 is 0 Å². The molecule has 0 spiro atoms. The van der Waals surface area contributed by atoms with Gasteiger partial charge in [0.25, 0.3) is 0 Å². The van der Waals surface area contributed by atoms with Gasteiger partial charge in [-0.05, 0) is 45.8 Å². The number of hydrazone groups is 1. The highest BCUT2D eigenvalue weighted by Crippen LogP contribution is 2.18. The first kappa shape index (κ1) is 17.0. The SMILES string of the molecule is NN.NN=C(Cc1ccnc2ccccc12)c1cccc(Br)n1. The van der Waals surface area contributed by atoms with E-state index in [1.54, 1.807) is 6.20 Å². The third-order valence-corrected chi connectivity index (χ3v) is 3.71. The van der Waals surface area contributed by atoms with Gasteiger partial charge < -0.3 is 5.84 Å². The molecule has 2 aromatic heterocycles. The molecule has 6 nitrogen and oxygen atoms in total. The van der Waals surface area contributed by atoms with Crippen LogP contribution in [0.25, 0.3) is 10.9 Å². The molecule has 0 saturated carbocycles. The molecule has 0 aliphatic heterocycles. The van der Waals surface area contributed by atoms with Crippen LogP contribution in [0.4, 0.5) is 0 Å². The van der Waals surface area contributed by atoms with Crippen molar-refractivity contribution >= 4 is 32.5 Å². The number of hydrogen-bond donors (Lipinski definition) is 3. The van der Waals surface area contributed by atoms with Crippen LogP contribution in [-0.4, -0.2) is 15.7 Å². The number of aromatic nitrogens is 2. The smallest absolute Gasteiger partial charge is 0.106 e. The lowest BCUT2D eigenvalue weighted by molar-refractivity contribution is 1.15. The Morgan fingerprint density at radius 3 is 2.57 bits per heavy atom. The molecule has 23 heavy (non-hydrogen) atoms. The molecule has 0 aliphatic rings. The molecule has 0 saturated heterocycles. The topological polar surface area (TPSA) is 116 Å². The van der Waals surface area contributed by atoms with Crippen molar-refractivity contribution in [1.29, 1.82) is 0 Å². The van der Waals surface area contributed by atoms with Gasteiger partial charge in [-0.15, -0.1) is 0 Å². The van der Waals surface area contributed by atoms with Crippen molar-refractivity contribution in [3.8, 4) is 0 Å². The summed E-state index contributed by atoms with van der Waals surface area (Å²) in [6.07, 6.45) is 2.42. The Bertz CT molecular complexity index is 813. The van der Waals surface area contributed by atoms with Crippen molar-refractivity contribution in [3.63, 3.8) is 0 Å². The fourth-order valence-corrected chi connectivity index (χ4v) is 2.60. The van der Waals surface area contributed by atoms with Gasteiger partial charge in [0.2, 0.25) is 0 Å². The first-order valence-corrected chi connectivity index (χ1v) is 7.63. The Balaban J connectivity index is 0.000000924. The van der Waals surface area contributed by atoms with Gasteiger partial charge >= 0.3 is 0 Å². The highest BCUT2D eigenvalue weighted by molar-refractivity contribution is 9.10. The van der Waals surface area contributed by atoms with Crippen LogP contribution < -0.4 is 17.5 Å². The van der Waals surface area contributed by atoms with Crippen molar-refractivity contribution in [3.05, 3.63) is 70.6 Å². The molecule has 6 N–H and O–H groups in total. The second kappa shape index (κ2) is 8.33. The van der Waals surface area contributed by atoms with Crippen LogP contribution in [0.5, 0.6) is 0 Å². The van der Waals surface area contributed by atoms with Crippen LogP contribution in [0.2, 0.25) is 0 Å². The van der Waals surface area contributed by atoms with Gasteiger partial charge in [-0.3, -0.25) is 16.7 Å². The number of hydrogen-bond acceptors (Lipinski definition) is 6. The van der Waals surface area contributed by atoms with E-state index in [4.69, 9.17) is 5.84 Å². The summed E-state index contributed by atoms with van der Waals surface area (Å²) in [5.41, 5.74) is 3.61. The summed E-state index contributed by atoms with van der Waals surface area (Å²) >= 11 is 3.37. The summed E-state index contributed by atoms with van der Waals surface area (Å²) in [6, 6.07) is 15.7. The highest BCUT2D eigenvalue weighted by atomic mass is 79.9. The molecule has 7 heteroatoms. The van der Waals surface area contributed by atoms with E-state index in [2.05, 4.69) is 48.8 Å². The van der Waals surface area contributed by atoms with Gasteiger partial charge in [-0.2, -0.15) is 5.10 Å². The van der Waals surface area contributed by atoms with Crippen molar-refractivity contribution in [2.75, 3.05) is 0 Å². The molecule has 1 aromatic carbocycles. The van der Waals surface area contributed by atoms with Crippen LogP contribution in [0.15, 0.2) is 64.4 Å². The molecule has 3 aromatic rings. The van der Waals surface area contributed by atoms with Gasteiger partial charge in [-0.1, -0.05) is 24.3 Å². The van der Waals surface area contributed by atoms with Crippen molar-refractivity contribution in [1.82, 2.24) is 9.97 Å². The van der Waals surface area contributed by atoms with Gasteiger partial charge in [0.05, 0.1) is 16.9 Å². The van der Waals surface area contributed by atoms with E-state index in [1.165, 1.54) is 0 Å². The molecule has 0 unspecified atom stereocenters. The Morgan fingerprint density at radius 2 is 1.83 bits per heavy atom. The third kappa shape index (κ3) is 4.10. The highest BCUT2D eigenvalue weighted by Gasteiger charge is 2.09. The number of para-hydroxylation sites is 1. The minimum atomic E-state index is 0.614. The number of nitrogens with zero attached hydrogens (tertiary/aromatic N) is 3. The Kier molecular flexibility index (Phi) is 6.16. The molecular formula is C16H17BrN6. The predicted molar refractivity (Wildman–Crippen MR) is 96.5 cm³/mol. The normalized spacial score (nSPS) is 11.0. The largest absolute Gasteiger partial charge is 0.323 e. The molecular weight excluding hydrogens is 356 g/mol. The maximum Gasteiger partial charge on any atom is 0.106 e. The van der Waals surface area contributed by atoms with Crippen LogP contribution >= 0.6 is 15.9 Å². The average Bonchev–Trinajstić information content (AvgIpc) is 2.61. The molecule has 0 atom stereocenters. The van der Waals surface area contributed by atoms with Crippen LogP contribution in [0, 0.1) is 0 Å². The van der Waals surface area contributed by atoms with E-state index in [9.17, 15) is 0 Å². The number of rotatable bonds is 3. The van der Waals surface area contributed by atoms with Crippen molar-refractivity contribution in [2.45, 2.75) is 6.42 Å². The Labute approximate surface area is 142 Å². The lowest BCUT2D eigenvalue weighted by Gasteiger charge is -2.08. The molecule has 2 heterocycles. The summed E-state index contributed by atoms with van der Waals surface area (Å²) in [6.45, 7) is 0. The van der Waals surface area contributed by atoms with Crippen molar-refractivity contribution in [2.24, 2.45) is 22.6 Å². The monoisotopic (exact) mass is 372 g/mol. The molecule has 3 rings (SSSR count). The maximum absolute atomic E-state index is 5.56. The lowest BCUT2D eigenvalue weighted by atomic mass is 10.0. The number of nitrogens with two attached hydrogens (primary N) is 3. The van der Waals surface area contributed by atoms with E-state index in [-0.39, 0.29) is 0 Å². The Morgan fingerprint density at radius 1 is 1.04 bits per heavy atom. The zero-order chi connectivity index (χ0) is 16.7. The molecule has 0 aliphatic carbocycles. The number of halogens is 1. The van der Waals surface area contributed by atoms with E-state index in [0.717, 1.165) is 32.5 Å². The van der Waals surface area contributed by atoms with Gasteiger partial charge in [-0.25, -0.2) is 4.98 Å². The van der Waals surface area contributed by atoms with E-state index in [0.29, 0.717) is 6.42 Å². The predicted octanol–water partition coefficient (Wildman–Crippen LogP) is 2.12. The standard InChI is InChI=1S/C16H13BrN4.H4N2/c17-16-7-3-6-14(20-16)15(21-18)10-11-8-9-19-13-5-2-1-4-12(11)13;1-2/h1-9H,10,18H2;1-2H2. The molecule has 0 amide bonds. The van der Waals surface area contributed by atoms with Gasteiger partial charge in [0.15, 0.2) is 0 Å². The molecule has 0 fully saturated rings. The van der Waals surface area contributed by atoms with Crippen LogP contribution in [-0.2, 0) is 6.42 Å². The Hall–Kier alpha value is -2.35. The molecule has 118 valence electrons. The lowest BCUT2D eigenvalue weighted by Crippen LogP contribution is -2.10. The van der Waals surface area contributed by atoms with Crippen LogP contribution in [0.1, 0.15) is 11.3 Å². The van der Waals surface area contributed by atoms with E-state index < -0.39 is 0 Å². The minimum Gasteiger partial charge on any atom is -0.323 e. The average molecular weight is 373 g/mol. The zero-order valence-electron chi connectivity index (χ0n) is 12.4. The van der Waals surface area contributed by atoms with Crippen LogP contribution in [0.3, 0.4) is 0 Å². The second-order valence-corrected chi connectivity index (χ2v) is 5.40. The maximum atomic E-state index is 5.56. The summed E-state index contributed by atoms with van der Waals surface area (Å²) in [4.78, 5) is 8.78. The summed E-state index contributed by atoms with van der Waals surface area (Å²) in [5, 5.41) is 5.02. The summed E-state index contributed by atoms with van der Waals surface area (Å²) in [7, 11) is 0. The third-order valence-electron chi connectivity index (χ3n) is 3.26. The van der Waals surface area contributed by atoms with E-state index in [1.807, 2.05) is 42.5 Å². The first-order chi connectivity index (χ1) is 11.3. The fourth-order valence-electron chi connectivity index (χ4n) is 2.26. The first-order valence-electron chi connectivity index (χ1n) is 6.83. The number of hydrazine groups is 1. The minimum absolute atomic E-state index is 0.614. The number of benzene rings is 1. The fraction of sp³-hybridized carbons (Fsp3) is 0.0625.